The molecule has 2 heterocycles. The predicted octanol–water partition coefficient (Wildman–Crippen LogP) is 2.87. The first kappa shape index (κ1) is 15.4. The Bertz CT molecular complexity index is 1020. The Kier molecular flexibility index (Phi) is 3.70. The average molecular weight is 340 g/mol. The van der Waals surface area contributed by atoms with Crippen LogP contribution in [0, 0.1) is 6.92 Å². The van der Waals surface area contributed by atoms with Gasteiger partial charge in [-0.15, -0.1) is 0 Å². The van der Waals surface area contributed by atoms with E-state index in [-0.39, 0.29) is 0 Å². The van der Waals surface area contributed by atoms with Gasteiger partial charge in [0.1, 0.15) is 0 Å². The Morgan fingerprint density at radius 3 is 2.62 bits per heavy atom. The third-order valence-corrected chi connectivity index (χ3v) is 6.41. The summed E-state index contributed by atoms with van der Waals surface area (Å²) in [5, 5.41) is 4.41. The summed E-state index contributed by atoms with van der Waals surface area (Å²) in [6, 6.07) is 15.0. The molecule has 0 saturated heterocycles. The predicted molar refractivity (Wildman–Crippen MR) is 96.0 cm³/mol. The normalized spacial score (nSPS) is 15.2. The van der Waals surface area contributed by atoms with Crippen LogP contribution in [0.25, 0.3) is 10.9 Å². The summed E-state index contributed by atoms with van der Waals surface area (Å²) in [4.78, 5) is 0.350. The number of para-hydroxylation sites is 1. The first-order valence-corrected chi connectivity index (χ1v) is 9.67. The summed E-state index contributed by atoms with van der Waals surface area (Å²) in [5.74, 6) is 0. The summed E-state index contributed by atoms with van der Waals surface area (Å²) in [6.45, 7) is 3.59. The number of aromatic nitrogens is 1. The van der Waals surface area contributed by atoms with Crippen molar-refractivity contribution in [2.75, 3.05) is 13.1 Å². The summed E-state index contributed by atoms with van der Waals surface area (Å²) in [6.07, 6.45) is 1.57. The molecule has 0 atom stereocenters. The van der Waals surface area contributed by atoms with E-state index in [2.05, 4.69) is 5.32 Å². The standard InChI is InChI=1S/C19H20N2O2S/c1-14-5-4-6-15(13-14)24(22,23)21-18-8-3-2-7-16(18)17-9-11-20-12-10-19(17)21/h2-8,13,20H,9-12H2,1H3. The quantitative estimate of drug-likeness (QED) is 0.780. The molecule has 0 bridgehead atoms. The molecule has 2 aromatic carbocycles. The molecule has 0 unspecified atom stereocenters. The number of aryl methyl sites for hydroxylation is 1. The number of fused-ring (bicyclic) bond motifs is 3. The lowest BCUT2D eigenvalue weighted by Gasteiger charge is -2.12. The molecule has 24 heavy (non-hydrogen) atoms. The van der Waals surface area contributed by atoms with Gasteiger partial charge in [0.2, 0.25) is 0 Å². The molecule has 3 aromatic rings. The van der Waals surface area contributed by atoms with Crippen LogP contribution in [0.5, 0.6) is 0 Å². The van der Waals surface area contributed by atoms with Gasteiger partial charge in [-0.25, -0.2) is 12.4 Å². The third-order valence-electron chi connectivity index (χ3n) is 4.66. The maximum absolute atomic E-state index is 13.4. The molecule has 0 fully saturated rings. The van der Waals surface area contributed by atoms with Crippen molar-refractivity contribution in [1.82, 2.24) is 9.29 Å². The second-order valence-corrected chi connectivity index (χ2v) is 8.07. The zero-order valence-corrected chi connectivity index (χ0v) is 14.4. The SMILES string of the molecule is Cc1cccc(S(=O)(=O)n2c3c(c4ccccc42)CCNCC3)c1. The molecule has 0 saturated carbocycles. The highest BCUT2D eigenvalue weighted by atomic mass is 32.2. The highest BCUT2D eigenvalue weighted by Crippen LogP contribution is 2.31. The van der Waals surface area contributed by atoms with Crippen LogP contribution in [-0.2, 0) is 22.9 Å². The maximum atomic E-state index is 13.4. The fourth-order valence-corrected chi connectivity index (χ4v) is 5.27. The van der Waals surface area contributed by atoms with Crippen molar-refractivity contribution in [2.45, 2.75) is 24.7 Å². The molecule has 0 aliphatic carbocycles. The van der Waals surface area contributed by atoms with Crippen LogP contribution in [-0.4, -0.2) is 25.5 Å². The van der Waals surface area contributed by atoms with Gasteiger partial charge in [-0.05, 0) is 49.2 Å². The number of hydrogen-bond acceptors (Lipinski definition) is 3. The van der Waals surface area contributed by atoms with Crippen molar-refractivity contribution in [1.29, 1.82) is 0 Å². The van der Waals surface area contributed by atoms with E-state index in [4.69, 9.17) is 0 Å². The fraction of sp³-hybridized carbons (Fsp3) is 0.263. The number of nitrogens with one attached hydrogen (secondary N) is 1. The van der Waals surface area contributed by atoms with Crippen LogP contribution in [0.15, 0.2) is 53.4 Å². The third kappa shape index (κ3) is 2.36. The van der Waals surface area contributed by atoms with Crippen molar-refractivity contribution in [3.63, 3.8) is 0 Å². The summed E-state index contributed by atoms with van der Waals surface area (Å²) in [7, 11) is -3.61. The molecule has 124 valence electrons. The van der Waals surface area contributed by atoms with Crippen molar-refractivity contribution >= 4 is 20.9 Å². The molecule has 0 amide bonds. The topological polar surface area (TPSA) is 51.1 Å². The number of benzene rings is 2. The molecule has 1 aromatic heterocycles. The van der Waals surface area contributed by atoms with Crippen LogP contribution in [0.2, 0.25) is 0 Å². The van der Waals surface area contributed by atoms with E-state index in [0.717, 1.165) is 53.7 Å². The van der Waals surface area contributed by atoms with Gasteiger partial charge in [0.05, 0.1) is 10.4 Å². The average Bonchev–Trinajstić information content (AvgIpc) is 2.72. The smallest absolute Gasteiger partial charge is 0.268 e. The van der Waals surface area contributed by atoms with Gasteiger partial charge in [0, 0.05) is 24.0 Å². The number of hydrogen-bond donors (Lipinski definition) is 1. The van der Waals surface area contributed by atoms with Gasteiger partial charge in [-0.2, -0.15) is 0 Å². The van der Waals surface area contributed by atoms with Gasteiger partial charge in [-0.1, -0.05) is 30.3 Å². The number of rotatable bonds is 2. The maximum Gasteiger partial charge on any atom is 0.268 e. The molecular weight excluding hydrogens is 320 g/mol. The van der Waals surface area contributed by atoms with E-state index in [9.17, 15) is 8.42 Å². The van der Waals surface area contributed by atoms with Crippen LogP contribution in [0.4, 0.5) is 0 Å². The number of nitrogens with zero attached hydrogens (tertiary/aromatic N) is 1. The van der Waals surface area contributed by atoms with Crippen LogP contribution < -0.4 is 5.32 Å². The lowest BCUT2D eigenvalue weighted by molar-refractivity contribution is 0.586. The van der Waals surface area contributed by atoms with E-state index >= 15 is 0 Å². The molecule has 5 heteroatoms. The molecular formula is C19H20N2O2S. The molecule has 0 radical (unpaired) electrons. The van der Waals surface area contributed by atoms with Gasteiger partial charge < -0.3 is 5.32 Å². The highest BCUT2D eigenvalue weighted by Gasteiger charge is 2.27. The van der Waals surface area contributed by atoms with Gasteiger partial charge in [0.25, 0.3) is 10.0 Å². The minimum Gasteiger partial charge on any atom is -0.316 e. The second kappa shape index (κ2) is 5.76. The van der Waals surface area contributed by atoms with E-state index < -0.39 is 10.0 Å². The van der Waals surface area contributed by atoms with E-state index in [1.54, 1.807) is 22.2 Å². The summed E-state index contributed by atoms with van der Waals surface area (Å²) < 4.78 is 28.3. The Morgan fingerprint density at radius 2 is 1.79 bits per heavy atom. The Hall–Kier alpha value is -2.11. The highest BCUT2D eigenvalue weighted by molar-refractivity contribution is 7.90. The molecule has 4 rings (SSSR count). The van der Waals surface area contributed by atoms with Gasteiger partial charge in [-0.3, -0.25) is 0 Å². The Morgan fingerprint density at radius 1 is 1.00 bits per heavy atom. The van der Waals surface area contributed by atoms with Gasteiger partial charge in [0.15, 0.2) is 0 Å². The van der Waals surface area contributed by atoms with E-state index in [1.165, 1.54) is 0 Å². The first-order chi connectivity index (χ1) is 11.6. The minimum absolute atomic E-state index is 0.350. The molecule has 1 aliphatic rings. The monoisotopic (exact) mass is 340 g/mol. The summed E-state index contributed by atoms with van der Waals surface area (Å²) >= 11 is 0. The van der Waals surface area contributed by atoms with Gasteiger partial charge >= 0.3 is 0 Å². The van der Waals surface area contributed by atoms with Crippen molar-refractivity contribution in [3.05, 3.63) is 65.4 Å². The largest absolute Gasteiger partial charge is 0.316 e. The minimum atomic E-state index is -3.61. The van der Waals surface area contributed by atoms with E-state index in [0.29, 0.717) is 4.90 Å². The van der Waals surface area contributed by atoms with Crippen molar-refractivity contribution < 1.29 is 8.42 Å². The lowest BCUT2D eigenvalue weighted by Crippen LogP contribution is -2.19. The van der Waals surface area contributed by atoms with E-state index in [1.807, 2.05) is 37.3 Å². The molecule has 4 nitrogen and oxygen atoms in total. The Labute approximate surface area is 142 Å². The first-order valence-electron chi connectivity index (χ1n) is 8.23. The molecule has 0 spiro atoms. The van der Waals surface area contributed by atoms with Crippen molar-refractivity contribution in [3.8, 4) is 0 Å². The molecule has 1 N–H and O–H groups in total. The Balaban J connectivity index is 2.04. The molecule has 1 aliphatic heterocycles. The fourth-order valence-electron chi connectivity index (χ4n) is 3.56. The van der Waals surface area contributed by atoms with Crippen LogP contribution in [0.3, 0.4) is 0 Å². The second-order valence-electron chi connectivity index (χ2n) is 6.28. The van der Waals surface area contributed by atoms with Crippen LogP contribution in [0.1, 0.15) is 16.8 Å². The zero-order valence-electron chi connectivity index (χ0n) is 13.6. The lowest BCUT2D eigenvalue weighted by atomic mass is 10.1. The van der Waals surface area contributed by atoms with Crippen LogP contribution >= 0.6 is 0 Å². The van der Waals surface area contributed by atoms with Crippen molar-refractivity contribution in [2.24, 2.45) is 0 Å². The zero-order chi connectivity index (χ0) is 16.7. The summed E-state index contributed by atoms with van der Waals surface area (Å²) in [5.41, 5.74) is 3.81.